The Hall–Kier alpha value is -4.59. The van der Waals surface area contributed by atoms with E-state index < -0.39 is 5.56 Å². The van der Waals surface area contributed by atoms with Gasteiger partial charge >= 0.3 is 0 Å². The van der Waals surface area contributed by atoms with Crippen LogP contribution in [0, 0.1) is 0 Å². The predicted molar refractivity (Wildman–Crippen MR) is 145 cm³/mol. The van der Waals surface area contributed by atoms with Crippen molar-refractivity contribution in [1.82, 2.24) is 9.78 Å². The standard InChI is InChI=1S/C29H30N4O4/c1-4-29(2,3)20-10-16-24(17-11-20)37-19-26(35)30-22-12-14-23(15-13-22)33-28(36)25(18-34)27(32-33)31-21-8-6-5-7-9-21/h5-18,31-32H,4,19H2,1-3H3,(H,30,35). The van der Waals surface area contributed by atoms with Crippen molar-refractivity contribution in [2.24, 2.45) is 0 Å². The van der Waals surface area contributed by atoms with Crippen LogP contribution in [0.3, 0.4) is 0 Å². The van der Waals surface area contributed by atoms with E-state index in [-0.39, 0.29) is 23.5 Å². The quantitative estimate of drug-likeness (QED) is 0.253. The number of aldehydes is 1. The summed E-state index contributed by atoms with van der Waals surface area (Å²) in [7, 11) is 0. The largest absolute Gasteiger partial charge is 0.484 e. The van der Waals surface area contributed by atoms with Crippen LogP contribution in [0.25, 0.3) is 5.69 Å². The van der Waals surface area contributed by atoms with Gasteiger partial charge in [-0.15, -0.1) is 0 Å². The molecular formula is C29H30N4O4. The molecule has 0 aliphatic carbocycles. The van der Waals surface area contributed by atoms with Gasteiger partial charge in [-0.3, -0.25) is 19.5 Å². The highest BCUT2D eigenvalue weighted by molar-refractivity contribution is 5.92. The third-order valence-corrected chi connectivity index (χ3v) is 6.39. The zero-order chi connectivity index (χ0) is 26.4. The molecule has 0 saturated heterocycles. The van der Waals surface area contributed by atoms with Crippen molar-refractivity contribution >= 4 is 29.4 Å². The number of anilines is 3. The first-order chi connectivity index (χ1) is 17.8. The molecule has 3 N–H and O–H groups in total. The Morgan fingerprint density at radius 3 is 2.27 bits per heavy atom. The average Bonchev–Trinajstić information content (AvgIpc) is 3.23. The Balaban J connectivity index is 1.39. The number of aromatic amines is 1. The number of carbonyl (C=O) groups excluding carboxylic acids is 2. The Bertz CT molecular complexity index is 1420. The monoisotopic (exact) mass is 498 g/mol. The van der Waals surface area contributed by atoms with Crippen LogP contribution in [0.15, 0.2) is 83.7 Å². The number of carbonyl (C=O) groups is 2. The lowest BCUT2D eigenvalue weighted by molar-refractivity contribution is -0.118. The third kappa shape index (κ3) is 5.98. The van der Waals surface area contributed by atoms with Crippen LogP contribution in [0.2, 0.25) is 0 Å². The molecule has 0 bridgehead atoms. The zero-order valence-electron chi connectivity index (χ0n) is 21.1. The van der Waals surface area contributed by atoms with E-state index in [0.717, 1.165) is 12.1 Å². The third-order valence-electron chi connectivity index (χ3n) is 6.39. The van der Waals surface area contributed by atoms with Gasteiger partial charge in [0.1, 0.15) is 17.1 Å². The fourth-order valence-corrected chi connectivity index (χ4v) is 3.75. The number of rotatable bonds is 10. The molecule has 1 aromatic heterocycles. The minimum absolute atomic E-state index is 0.00956. The van der Waals surface area contributed by atoms with E-state index in [1.54, 1.807) is 24.3 Å². The summed E-state index contributed by atoms with van der Waals surface area (Å²) in [6, 6.07) is 23.7. The molecule has 0 spiro atoms. The number of nitrogens with zero attached hydrogens (tertiary/aromatic N) is 1. The summed E-state index contributed by atoms with van der Waals surface area (Å²) >= 11 is 0. The summed E-state index contributed by atoms with van der Waals surface area (Å²) in [5.74, 6) is 0.616. The van der Waals surface area contributed by atoms with Crippen LogP contribution in [0.1, 0.15) is 43.1 Å². The predicted octanol–water partition coefficient (Wildman–Crippen LogP) is 5.43. The summed E-state index contributed by atoms with van der Waals surface area (Å²) < 4.78 is 6.90. The average molecular weight is 499 g/mol. The van der Waals surface area contributed by atoms with Gasteiger partial charge in [-0.1, -0.05) is 51.1 Å². The molecule has 1 amide bonds. The number of H-pyrrole nitrogens is 1. The Morgan fingerprint density at radius 1 is 0.973 bits per heavy atom. The number of para-hydroxylation sites is 1. The van der Waals surface area contributed by atoms with Crippen molar-refractivity contribution in [2.45, 2.75) is 32.6 Å². The van der Waals surface area contributed by atoms with Crippen LogP contribution in [0.5, 0.6) is 5.75 Å². The van der Waals surface area contributed by atoms with Gasteiger partial charge in [-0.05, 0) is 65.9 Å². The molecule has 0 atom stereocenters. The van der Waals surface area contributed by atoms with Crippen molar-refractivity contribution < 1.29 is 14.3 Å². The molecule has 3 aromatic carbocycles. The maximum Gasteiger partial charge on any atom is 0.284 e. The van der Waals surface area contributed by atoms with Crippen LogP contribution >= 0.6 is 0 Å². The van der Waals surface area contributed by atoms with E-state index in [1.165, 1.54) is 10.2 Å². The number of nitrogens with one attached hydrogen (secondary N) is 3. The summed E-state index contributed by atoms with van der Waals surface area (Å²) in [6.07, 6.45) is 1.55. The molecule has 8 heteroatoms. The summed E-state index contributed by atoms with van der Waals surface area (Å²) in [5, 5.41) is 8.77. The first-order valence-electron chi connectivity index (χ1n) is 12.1. The number of benzene rings is 3. The van der Waals surface area contributed by atoms with Gasteiger partial charge in [-0.2, -0.15) is 0 Å². The van der Waals surface area contributed by atoms with Gasteiger partial charge < -0.3 is 15.4 Å². The van der Waals surface area contributed by atoms with Crippen molar-refractivity contribution in [1.29, 1.82) is 0 Å². The van der Waals surface area contributed by atoms with E-state index in [1.807, 2.05) is 54.6 Å². The minimum Gasteiger partial charge on any atom is -0.484 e. The molecule has 190 valence electrons. The van der Waals surface area contributed by atoms with Crippen molar-refractivity contribution in [2.75, 3.05) is 17.2 Å². The minimum atomic E-state index is -0.480. The van der Waals surface area contributed by atoms with Gasteiger partial charge in [0.15, 0.2) is 12.9 Å². The van der Waals surface area contributed by atoms with Crippen molar-refractivity contribution in [3.05, 3.63) is 100 Å². The number of hydrogen-bond acceptors (Lipinski definition) is 5. The zero-order valence-corrected chi connectivity index (χ0v) is 21.1. The van der Waals surface area contributed by atoms with Gasteiger partial charge in [0.05, 0.1) is 5.69 Å². The van der Waals surface area contributed by atoms with E-state index in [2.05, 4.69) is 36.5 Å². The van der Waals surface area contributed by atoms with E-state index in [9.17, 15) is 14.4 Å². The molecule has 0 aliphatic heterocycles. The molecule has 4 rings (SSSR count). The van der Waals surface area contributed by atoms with E-state index in [4.69, 9.17) is 4.74 Å². The van der Waals surface area contributed by atoms with Gasteiger partial charge in [-0.25, -0.2) is 4.68 Å². The maximum atomic E-state index is 12.8. The first-order valence-corrected chi connectivity index (χ1v) is 12.1. The number of ether oxygens (including phenoxy) is 1. The Labute approximate surface area is 215 Å². The van der Waals surface area contributed by atoms with Crippen LogP contribution in [-0.2, 0) is 10.2 Å². The molecule has 0 saturated carbocycles. The highest BCUT2D eigenvalue weighted by Crippen LogP contribution is 2.28. The maximum absolute atomic E-state index is 12.8. The molecule has 4 aromatic rings. The lowest BCUT2D eigenvalue weighted by Gasteiger charge is -2.23. The second kappa shape index (κ2) is 11.0. The highest BCUT2D eigenvalue weighted by Gasteiger charge is 2.18. The van der Waals surface area contributed by atoms with Gasteiger partial charge in [0, 0.05) is 11.4 Å². The topological polar surface area (TPSA) is 105 Å². The fraction of sp³-hybridized carbons (Fsp3) is 0.207. The summed E-state index contributed by atoms with van der Waals surface area (Å²) in [6.45, 7) is 6.40. The molecule has 0 aliphatic rings. The number of amides is 1. The van der Waals surface area contributed by atoms with E-state index >= 15 is 0 Å². The normalized spacial score (nSPS) is 11.1. The molecule has 0 radical (unpaired) electrons. The Kier molecular flexibility index (Phi) is 7.57. The second-order valence-corrected chi connectivity index (χ2v) is 9.30. The molecule has 8 nitrogen and oxygen atoms in total. The SMILES string of the molecule is CCC(C)(C)c1ccc(OCC(=O)Nc2ccc(-n3[nH]c(Nc4ccccc4)c(C=O)c3=O)cc2)cc1. The smallest absolute Gasteiger partial charge is 0.284 e. The van der Waals surface area contributed by atoms with Crippen LogP contribution < -0.4 is 20.9 Å². The Morgan fingerprint density at radius 2 is 1.65 bits per heavy atom. The first kappa shape index (κ1) is 25.5. The molecule has 0 fully saturated rings. The van der Waals surface area contributed by atoms with Crippen molar-refractivity contribution in [3.63, 3.8) is 0 Å². The molecule has 1 heterocycles. The fourth-order valence-electron chi connectivity index (χ4n) is 3.75. The molecule has 0 unspecified atom stereocenters. The van der Waals surface area contributed by atoms with Gasteiger partial charge in [0.25, 0.3) is 11.5 Å². The van der Waals surface area contributed by atoms with Gasteiger partial charge in [0.2, 0.25) is 0 Å². The van der Waals surface area contributed by atoms with Crippen LogP contribution in [0.4, 0.5) is 17.2 Å². The molecular weight excluding hydrogens is 468 g/mol. The molecule has 37 heavy (non-hydrogen) atoms. The summed E-state index contributed by atoms with van der Waals surface area (Å²) in [5.41, 5.74) is 2.61. The highest BCUT2D eigenvalue weighted by atomic mass is 16.5. The van der Waals surface area contributed by atoms with Crippen molar-refractivity contribution in [3.8, 4) is 11.4 Å². The van der Waals surface area contributed by atoms with E-state index in [0.29, 0.717) is 29.2 Å². The lowest BCUT2D eigenvalue weighted by atomic mass is 9.82. The number of hydrogen-bond donors (Lipinski definition) is 3. The lowest BCUT2D eigenvalue weighted by Crippen LogP contribution is -2.20. The van der Waals surface area contributed by atoms with Crippen LogP contribution in [-0.4, -0.2) is 28.6 Å². The summed E-state index contributed by atoms with van der Waals surface area (Å²) in [4.78, 5) is 36.7. The second-order valence-electron chi connectivity index (χ2n) is 9.30. The number of aromatic nitrogens is 2.